The molecule has 1 heterocycles. The molecule has 7 heteroatoms. The second-order valence-corrected chi connectivity index (χ2v) is 6.58. The molecule has 0 aliphatic heterocycles. The summed E-state index contributed by atoms with van der Waals surface area (Å²) in [6, 6.07) is 5.31. The number of benzene rings is 1. The first-order valence-corrected chi connectivity index (χ1v) is 8.37. The van der Waals surface area contributed by atoms with Gasteiger partial charge in [-0.1, -0.05) is 29.6 Å². The fourth-order valence-electron chi connectivity index (χ4n) is 3.04. The van der Waals surface area contributed by atoms with E-state index >= 15 is 0 Å². The summed E-state index contributed by atoms with van der Waals surface area (Å²) in [7, 11) is 0. The number of aromatic nitrogens is 2. The van der Waals surface area contributed by atoms with Crippen LogP contribution in [0.15, 0.2) is 22.7 Å². The zero-order valence-electron chi connectivity index (χ0n) is 13.8. The molecule has 0 atom stereocenters. The van der Waals surface area contributed by atoms with Gasteiger partial charge < -0.3 is 14.6 Å². The van der Waals surface area contributed by atoms with Crippen molar-refractivity contribution in [3.8, 4) is 5.75 Å². The van der Waals surface area contributed by atoms with Crippen LogP contribution in [0.25, 0.3) is 0 Å². The maximum atomic E-state index is 12.4. The Morgan fingerprint density at radius 1 is 1.38 bits per heavy atom. The van der Waals surface area contributed by atoms with Crippen molar-refractivity contribution < 1.29 is 14.1 Å². The van der Waals surface area contributed by atoms with Crippen LogP contribution < -0.4 is 10.1 Å². The van der Waals surface area contributed by atoms with E-state index in [-0.39, 0.29) is 12.5 Å². The molecule has 1 aromatic carbocycles. The second kappa shape index (κ2) is 6.81. The topological polar surface area (TPSA) is 77.2 Å². The lowest BCUT2D eigenvalue weighted by molar-refractivity contribution is -0.125. The van der Waals surface area contributed by atoms with Crippen molar-refractivity contribution in [1.29, 1.82) is 0 Å². The van der Waals surface area contributed by atoms with Gasteiger partial charge >= 0.3 is 0 Å². The molecule has 1 saturated carbocycles. The van der Waals surface area contributed by atoms with Crippen molar-refractivity contribution in [2.24, 2.45) is 0 Å². The third-order valence-electron chi connectivity index (χ3n) is 4.29. The van der Waals surface area contributed by atoms with Gasteiger partial charge in [-0.15, -0.1) is 0 Å². The Kier molecular flexibility index (Phi) is 4.76. The van der Waals surface area contributed by atoms with Gasteiger partial charge in [0.15, 0.2) is 12.4 Å². The first kappa shape index (κ1) is 16.8. The fraction of sp³-hybridized carbons (Fsp3) is 0.471. The highest BCUT2D eigenvalue weighted by atomic mass is 35.5. The maximum absolute atomic E-state index is 12.4. The number of halogens is 1. The average Bonchev–Trinajstić information content (AvgIpc) is 3.18. The Balaban J connectivity index is 1.65. The third kappa shape index (κ3) is 3.53. The number of aryl methyl sites for hydroxylation is 2. The largest absolute Gasteiger partial charge is 0.484 e. The number of rotatable bonds is 5. The van der Waals surface area contributed by atoms with E-state index in [0.29, 0.717) is 22.5 Å². The normalized spacial score (nSPS) is 16.1. The minimum Gasteiger partial charge on any atom is -0.484 e. The molecule has 0 bridgehead atoms. The molecule has 1 fully saturated rings. The highest BCUT2D eigenvalue weighted by Gasteiger charge is 2.41. The number of carbonyl (C=O) groups is 1. The second-order valence-electron chi connectivity index (χ2n) is 6.17. The van der Waals surface area contributed by atoms with E-state index < -0.39 is 5.54 Å². The molecule has 6 nitrogen and oxygen atoms in total. The monoisotopic (exact) mass is 349 g/mol. The standard InChI is InChI=1S/C17H20ClN3O3/c1-11-9-13(5-6-14(11)18)23-10-15(22)20-17(7-3-4-8-17)16-19-12(2)24-21-16/h5-6,9H,3-4,7-8,10H2,1-2H3,(H,20,22). The number of hydrogen-bond donors (Lipinski definition) is 1. The number of nitrogens with one attached hydrogen (secondary N) is 1. The summed E-state index contributed by atoms with van der Waals surface area (Å²) in [5.41, 5.74) is 0.359. The molecule has 0 radical (unpaired) electrons. The summed E-state index contributed by atoms with van der Waals surface area (Å²) < 4.78 is 10.6. The van der Waals surface area contributed by atoms with Gasteiger partial charge in [0.2, 0.25) is 5.89 Å². The van der Waals surface area contributed by atoms with Crippen LogP contribution in [0.2, 0.25) is 5.02 Å². The van der Waals surface area contributed by atoms with Gasteiger partial charge in [0.25, 0.3) is 5.91 Å². The Hall–Kier alpha value is -2.08. The van der Waals surface area contributed by atoms with Crippen LogP contribution in [-0.2, 0) is 10.3 Å². The number of amides is 1. The Morgan fingerprint density at radius 3 is 2.75 bits per heavy atom. The fourth-order valence-corrected chi connectivity index (χ4v) is 3.15. The molecule has 24 heavy (non-hydrogen) atoms. The molecule has 2 aromatic rings. The van der Waals surface area contributed by atoms with Gasteiger partial charge in [-0.2, -0.15) is 4.98 Å². The number of carbonyl (C=O) groups excluding carboxylic acids is 1. The van der Waals surface area contributed by atoms with Crippen molar-refractivity contribution in [2.45, 2.75) is 45.1 Å². The van der Waals surface area contributed by atoms with E-state index in [2.05, 4.69) is 15.5 Å². The number of nitrogens with zero attached hydrogens (tertiary/aromatic N) is 2. The average molecular weight is 350 g/mol. The Morgan fingerprint density at radius 2 is 2.12 bits per heavy atom. The van der Waals surface area contributed by atoms with E-state index in [1.54, 1.807) is 19.1 Å². The highest BCUT2D eigenvalue weighted by molar-refractivity contribution is 6.31. The van der Waals surface area contributed by atoms with E-state index in [9.17, 15) is 4.79 Å². The molecule has 1 aliphatic carbocycles. The minimum atomic E-state index is -0.548. The smallest absolute Gasteiger partial charge is 0.258 e. The molecule has 1 aliphatic rings. The summed E-state index contributed by atoms with van der Waals surface area (Å²) in [5, 5.41) is 7.72. The van der Waals surface area contributed by atoms with Crippen molar-refractivity contribution in [1.82, 2.24) is 15.5 Å². The van der Waals surface area contributed by atoms with Crippen LogP contribution in [0.5, 0.6) is 5.75 Å². The number of ether oxygens (including phenoxy) is 1. The zero-order chi connectivity index (χ0) is 17.2. The lowest BCUT2D eigenvalue weighted by Gasteiger charge is -2.26. The molecular formula is C17H20ClN3O3. The zero-order valence-corrected chi connectivity index (χ0v) is 14.5. The van der Waals surface area contributed by atoms with Crippen molar-refractivity contribution in [3.63, 3.8) is 0 Å². The predicted octanol–water partition coefficient (Wildman–Crippen LogP) is 3.30. The summed E-state index contributed by atoms with van der Waals surface area (Å²) in [6.45, 7) is 3.56. The van der Waals surface area contributed by atoms with E-state index in [1.165, 1.54) is 0 Å². The first-order chi connectivity index (χ1) is 11.5. The van der Waals surface area contributed by atoms with E-state index in [1.807, 2.05) is 13.0 Å². The van der Waals surface area contributed by atoms with Crippen molar-refractivity contribution >= 4 is 17.5 Å². The Labute approximate surface area is 145 Å². The van der Waals surface area contributed by atoms with Gasteiger partial charge in [0.05, 0.1) is 0 Å². The molecule has 1 amide bonds. The van der Waals surface area contributed by atoms with Gasteiger partial charge in [0.1, 0.15) is 11.3 Å². The van der Waals surface area contributed by atoms with Crippen LogP contribution in [0.3, 0.4) is 0 Å². The first-order valence-electron chi connectivity index (χ1n) is 7.99. The van der Waals surface area contributed by atoms with Gasteiger partial charge in [-0.05, 0) is 43.5 Å². The molecule has 1 aromatic heterocycles. The summed E-state index contributed by atoms with van der Waals surface area (Å²) in [4.78, 5) is 16.7. The molecule has 0 saturated heterocycles. The number of hydrogen-bond acceptors (Lipinski definition) is 5. The molecule has 128 valence electrons. The van der Waals surface area contributed by atoms with Crippen LogP contribution in [-0.4, -0.2) is 22.7 Å². The third-order valence-corrected chi connectivity index (χ3v) is 4.71. The van der Waals surface area contributed by atoms with Gasteiger partial charge in [-0.25, -0.2) is 0 Å². The van der Waals surface area contributed by atoms with E-state index in [4.69, 9.17) is 20.9 Å². The minimum absolute atomic E-state index is 0.0698. The molecule has 1 N–H and O–H groups in total. The highest BCUT2D eigenvalue weighted by Crippen LogP contribution is 2.37. The molecular weight excluding hydrogens is 330 g/mol. The lowest BCUT2D eigenvalue weighted by Crippen LogP contribution is -2.46. The van der Waals surface area contributed by atoms with Gasteiger partial charge in [-0.3, -0.25) is 4.79 Å². The molecule has 0 unspecified atom stereocenters. The predicted molar refractivity (Wildman–Crippen MR) is 89.0 cm³/mol. The van der Waals surface area contributed by atoms with Crippen molar-refractivity contribution in [2.75, 3.05) is 6.61 Å². The summed E-state index contributed by atoms with van der Waals surface area (Å²) >= 11 is 5.99. The molecule has 3 rings (SSSR count). The van der Waals surface area contributed by atoms with E-state index in [0.717, 1.165) is 31.2 Å². The van der Waals surface area contributed by atoms with Crippen LogP contribution in [0.1, 0.15) is 43.0 Å². The van der Waals surface area contributed by atoms with Crippen LogP contribution in [0, 0.1) is 13.8 Å². The van der Waals surface area contributed by atoms with Crippen molar-refractivity contribution in [3.05, 3.63) is 40.5 Å². The SMILES string of the molecule is Cc1nc(C2(NC(=O)COc3ccc(Cl)c(C)c3)CCCC2)no1. The summed E-state index contributed by atoms with van der Waals surface area (Å²) in [5.74, 6) is 1.46. The quantitative estimate of drug-likeness (QED) is 0.896. The molecule has 0 spiro atoms. The lowest BCUT2D eigenvalue weighted by atomic mass is 9.96. The van der Waals surface area contributed by atoms with Crippen LogP contribution in [0.4, 0.5) is 0 Å². The van der Waals surface area contributed by atoms with Crippen LogP contribution >= 0.6 is 11.6 Å². The maximum Gasteiger partial charge on any atom is 0.258 e. The summed E-state index contributed by atoms with van der Waals surface area (Å²) in [6.07, 6.45) is 3.64. The Bertz CT molecular complexity index is 738. The van der Waals surface area contributed by atoms with Gasteiger partial charge in [0, 0.05) is 11.9 Å².